The highest BCUT2D eigenvalue weighted by molar-refractivity contribution is 5.92. The third-order valence-electron chi connectivity index (χ3n) is 2.59. The lowest BCUT2D eigenvalue weighted by molar-refractivity contribution is 0.0521. The summed E-state index contributed by atoms with van der Waals surface area (Å²) in [4.78, 5) is 15.5. The number of rotatable bonds is 4. The number of halogens is 1. The molecule has 100 valence electrons. The molecule has 0 fully saturated rings. The molecule has 19 heavy (non-hydrogen) atoms. The van der Waals surface area contributed by atoms with Crippen molar-refractivity contribution in [1.29, 1.82) is 0 Å². The van der Waals surface area contributed by atoms with Crippen LogP contribution in [0, 0.1) is 5.82 Å². The van der Waals surface area contributed by atoms with Crippen LogP contribution in [0.25, 0.3) is 0 Å². The van der Waals surface area contributed by atoms with Gasteiger partial charge in [-0.25, -0.2) is 14.2 Å². The third-order valence-corrected chi connectivity index (χ3v) is 2.59. The van der Waals surface area contributed by atoms with Crippen molar-refractivity contribution in [3.8, 4) is 0 Å². The number of nitrogens with two attached hydrogens (primary N) is 1. The first kappa shape index (κ1) is 13.1. The summed E-state index contributed by atoms with van der Waals surface area (Å²) in [6, 6.07) is 6.16. The monoisotopic (exact) mass is 263 g/mol. The Morgan fingerprint density at radius 2 is 2.32 bits per heavy atom. The fourth-order valence-electron chi connectivity index (χ4n) is 1.71. The van der Waals surface area contributed by atoms with E-state index in [2.05, 4.69) is 4.98 Å². The minimum atomic E-state index is -0.557. The number of imidazole rings is 1. The molecular weight excluding hydrogens is 249 g/mol. The molecule has 1 aromatic heterocycles. The van der Waals surface area contributed by atoms with E-state index < -0.39 is 5.97 Å². The van der Waals surface area contributed by atoms with Crippen LogP contribution < -0.4 is 5.73 Å². The van der Waals surface area contributed by atoms with Crippen LogP contribution >= 0.6 is 0 Å². The maximum absolute atomic E-state index is 13.1. The third kappa shape index (κ3) is 2.90. The summed E-state index contributed by atoms with van der Waals surface area (Å²) in [7, 11) is 0. The summed E-state index contributed by atoms with van der Waals surface area (Å²) in [5.41, 5.74) is 6.64. The van der Waals surface area contributed by atoms with Gasteiger partial charge in [0.2, 0.25) is 0 Å². The number of benzene rings is 1. The first-order chi connectivity index (χ1) is 9.11. The number of anilines is 1. The highest BCUT2D eigenvalue weighted by Crippen LogP contribution is 2.14. The van der Waals surface area contributed by atoms with Crippen LogP contribution in [-0.4, -0.2) is 22.1 Å². The average Bonchev–Trinajstić information content (AvgIpc) is 2.71. The molecule has 5 nitrogen and oxygen atoms in total. The number of carbonyl (C=O) groups is 1. The standard InChI is InChI=1S/C13H14FN3O2/c1-2-19-13(18)11-12(15)17(8-16-11)7-9-4-3-5-10(14)6-9/h3-6,8H,2,7,15H2,1H3. The largest absolute Gasteiger partial charge is 0.461 e. The molecule has 0 amide bonds. The molecule has 2 N–H and O–H groups in total. The first-order valence-electron chi connectivity index (χ1n) is 5.84. The highest BCUT2D eigenvalue weighted by Gasteiger charge is 2.16. The number of esters is 1. The summed E-state index contributed by atoms with van der Waals surface area (Å²) in [6.45, 7) is 2.31. The lowest BCUT2D eigenvalue weighted by Crippen LogP contribution is -2.10. The van der Waals surface area contributed by atoms with Crippen molar-refractivity contribution in [3.05, 3.63) is 47.7 Å². The smallest absolute Gasteiger partial charge is 0.360 e. The predicted octanol–water partition coefficient (Wildman–Crippen LogP) is 1.83. The minimum absolute atomic E-state index is 0.0817. The topological polar surface area (TPSA) is 70.1 Å². The molecule has 6 heteroatoms. The van der Waals surface area contributed by atoms with Gasteiger partial charge in [-0.05, 0) is 24.6 Å². The molecule has 0 radical (unpaired) electrons. The molecule has 0 atom stereocenters. The van der Waals surface area contributed by atoms with E-state index in [1.807, 2.05) is 0 Å². The fourth-order valence-corrected chi connectivity index (χ4v) is 1.71. The number of carbonyl (C=O) groups excluding carboxylic acids is 1. The van der Waals surface area contributed by atoms with Crippen molar-refractivity contribution >= 4 is 11.8 Å². The number of aromatic nitrogens is 2. The molecule has 0 unspecified atom stereocenters. The Kier molecular flexibility index (Phi) is 3.79. The number of ether oxygens (including phenoxy) is 1. The van der Waals surface area contributed by atoms with Crippen molar-refractivity contribution in [2.45, 2.75) is 13.5 Å². The Labute approximate surface area is 109 Å². The predicted molar refractivity (Wildman–Crippen MR) is 68.1 cm³/mol. The van der Waals surface area contributed by atoms with Gasteiger partial charge in [0, 0.05) is 0 Å². The SMILES string of the molecule is CCOC(=O)c1ncn(Cc2cccc(F)c2)c1N. The zero-order valence-corrected chi connectivity index (χ0v) is 10.5. The van der Waals surface area contributed by atoms with Gasteiger partial charge in [-0.3, -0.25) is 0 Å². The number of nitrogens with zero attached hydrogens (tertiary/aromatic N) is 2. The van der Waals surface area contributed by atoms with Gasteiger partial charge in [0.15, 0.2) is 5.69 Å². The van der Waals surface area contributed by atoms with E-state index in [0.29, 0.717) is 6.54 Å². The van der Waals surface area contributed by atoms with E-state index in [4.69, 9.17) is 10.5 Å². The van der Waals surface area contributed by atoms with Crippen LogP contribution in [-0.2, 0) is 11.3 Å². The summed E-state index contributed by atoms with van der Waals surface area (Å²) in [5.74, 6) is -0.664. The van der Waals surface area contributed by atoms with Gasteiger partial charge in [-0.2, -0.15) is 0 Å². The van der Waals surface area contributed by atoms with Crippen molar-refractivity contribution in [3.63, 3.8) is 0 Å². The second-order valence-corrected chi connectivity index (χ2v) is 3.96. The Morgan fingerprint density at radius 1 is 1.53 bits per heavy atom. The van der Waals surface area contributed by atoms with Crippen LogP contribution in [0.1, 0.15) is 23.0 Å². The van der Waals surface area contributed by atoms with Gasteiger partial charge in [0.25, 0.3) is 0 Å². The lowest BCUT2D eigenvalue weighted by Gasteiger charge is -2.06. The summed E-state index contributed by atoms with van der Waals surface area (Å²) in [5, 5.41) is 0. The Bertz CT molecular complexity index is 595. The molecular formula is C13H14FN3O2. The molecule has 0 saturated carbocycles. The molecule has 0 aliphatic carbocycles. The molecule has 0 aliphatic heterocycles. The van der Waals surface area contributed by atoms with Crippen molar-refractivity contribution in [1.82, 2.24) is 9.55 Å². The second-order valence-electron chi connectivity index (χ2n) is 3.96. The number of hydrogen-bond donors (Lipinski definition) is 1. The quantitative estimate of drug-likeness (QED) is 0.854. The molecule has 1 aromatic carbocycles. The van der Waals surface area contributed by atoms with E-state index in [-0.39, 0.29) is 23.9 Å². The van der Waals surface area contributed by atoms with Gasteiger partial charge in [0.05, 0.1) is 19.5 Å². The van der Waals surface area contributed by atoms with Gasteiger partial charge < -0.3 is 15.0 Å². The Balaban J connectivity index is 2.20. The Hall–Kier alpha value is -2.37. The maximum Gasteiger partial charge on any atom is 0.360 e. The molecule has 1 heterocycles. The summed E-state index contributed by atoms with van der Waals surface area (Å²) < 4.78 is 19.5. The number of nitrogen functional groups attached to an aromatic ring is 1. The van der Waals surface area contributed by atoms with E-state index in [1.165, 1.54) is 18.5 Å². The summed E-state index contributed by atoms with van der Waals surface area (Å²) in [6.07, 6.45) is 1.44. The van der Waals surface area contributed by atoms with Crippen molar-refractivity contribution in [2.24, 2.45) is 0 Å². The second kappa shape index (κ2) is 5.51. The van der Waals surface area contributed by atoms with Gasteiger partial charge >= 0.3 is 5.97 Å². The van der Waals surface area contributed by atoms with Gasteiger partial charge in [-0.1, -0.05) is 12.1 Å². The molecule has 0 aliphatic rings. The average molecular weight is 263 g/mol. The lowest BCUT2D eigenvalue weighted by atomic mass is 10.2. The maximum atomic E-state index is 13.1. The normalized spacial score (nSPS) is 10.4. The zero-order valence-electron chi connectivity index (χ0n) is 10.5. The summed E-state index contributed by atoms with van der Waals surface area (Å²) >= 11 is 0. The zero-order chi connectivity index (χ0) is 13.8. The van der Waals surface area contributed by atoms with E-state index in [1.54, 1.807) is 23.6 Å². The minimum Gasteiger partial charge on any atom is -0.461 e. The first-order valence-corrected chi connectivity index (χ1v) is 5.84. The van der Waals surface area contributed by atoms with E-state index in [9.17, 15) is 9.18 Å². The molecule has 2 aromatic rings. The van der Waals surface area contributed by atoms with Gasteiger partial charge in [-0.15, -0.1) is 0 Å². The van der Waals surface area contributed by atoms with Crippen LogP contribution in [0.3, 0.4) is 0 Å². The highest BCUT2D eigenvalue weighted by atomic mass is 19.1. The van der Waals surface area contributed by atoms with Crippen molar-refractivity contribution < 1.29 is 13.9 Å². The van der Waals surface area contributed by atoms with E-state index >= 15 is 0 Å². The fraction of sp³-hybridized carbons (Fsp3) is 0.231. The molecule has 0 spiro atoms. The van der Waals surface area contributed by atoms with Crippen LogP contribution in [0.2, 0.25) is 0 Å². The van der Waals surface area contributed by atoms with Crippen LogP contribution in [0.5, 0.6) is 0 Å². The molecule has 0 saturated heterocycles. The van der Waals surface area contributed by atoms with E-state index in [0.717, 1.165) is 5.56 Å². The Morgan fingerprint density at radius 3 is 3.00 bits per heavy atom. The number of hydrogen-bond acceptors (Lipinski definition) is 4. The van der Waals surface area contributed by atoms with Crippen LogP contribution in [0.4, 0.5) is 10.2 Å². The molecule has 2 rings (SSSR count). The molecule has 0 bridgehead atoms. The van der Waals surface area contributed by atoms with Gasteiger partial charge in [0.1, 0.15) is 11.6 Å². The van der Waals surface area contributed by atoms with Crippen molar-refractivity contribution in [2.75, 3.05) is 12.3 Å². The van der Waals surface area contributed by atoms with Crippen LogP contribution in [0.15, 0.2) is 30.6 Å².